The second kappa shape index (κ2) is 5.22. The molecule has 0 unspecified atom stereocenters. The van der Waals surface area contributed by atoms with E-state index in [1.165, 1.54) is 31.8 Å². The van der Waals surface area contributed by atoms with Gasteiger partial charge >= 0.3 is 5.97 Å². The highest BCUT2D eigenvalue weighted by atomic mass is 19.1. The van der Waals surface area contributed by atoms with E-state index >= 15 is 0 Å². The van der Waals surface area contributed by atoms with Crippen LogP contribution in [0.4, 0.5) is 4.39 Å². The smallest absolute Gasteiger partial charge is 0.341 e. The molecule has 0 aliphatic heterocycles. The normalized spacial score (nSPS) is 9.89. The van der Waals surface area contributed by atoms with Crippen molar-refractivity contribution in [2.75, 3.05) is 7.11 Å². The highest BCUT2D eigenvalue weighted by Gasteiger charge is 2.15. The lowest BCUT2D eigenvalue weighted by molar-refractivity contribution is -0.383. The zero-order chi connectivity index (χ0) is 13.0. The van der Waals surface area contributed by atoms with E-state index in [0.29, 0.717) is 5.75 Å². The van der Waals surface area contributed by atoms with Crippen molar-refractivity contribution in [3.05, 3.63) is 48.3 Å². The Bertz CT molecular complexity index is 561. The second-order valence-corrected chi connectivity index (χ2v) is 3.35. The maximum Gasteiger partial charge on any atom is 0.341 e. The average Bonchev–Trinajstić information content (AvgIpc) is 2.41. The first-order chi connectivity index (χ1) is 8.70. The number of carbonyl (C=O) groups is 1. The maximum absolute atomic E-state index is 13.1. The molecule has 0 bridgehead atoms. The van der Waals surface area contributed by atoms with Crippen molar-refractivity contribution in [3.8, 4) is 11.5 Å². The number of carbonyl (C=O) groups excluding carboxylic acids is 1. The van der Waals surface area contributed by atoms with Crippen molar-refractivity contribution >= 4 is 5.97 Å². The number of methoxy groups -OCH3 is 1. The summed E-state index contributed by atoms with van der Waals surface area (Å²) in [7, 11) is 1.22. The van der Waals surface area contributed by atoms with Crippen LogP contribution < -0.4 is 9.72 Å². The third-order valence-corrected chi connectivity index (χ3v) is 2.15. The molecule has 0 amide bonds. The molecule has 0 radical (unpaired) electrons. The second-order valence-electron chi connectivity index (χ2n) is 3.35. The topological polar surface area (TPSA) is 62.6 Å². The fourth-order valence-corrected chi connectivity index (χ4v) is 1.35. The van der Waals surface area contributed by atoms with Crippen LogP contribution in [0.25, 0.3) is 0 Å². The molecule has 1 heterocycles. The van der Waals surface area contributed by atoms with E-state index in [9.17, 15) is 9.18 Å². The average molecular weight is 249 g/mol. The number of nitrogens with one attached hydrogen (secondary N) is 1. The summed E-state index contributed by atoms with van der Waals surface area (Å²) in [4.78, 5) is 18.0. The lowest BCUT2D eigenvalue weighted by Gasteiger charge is -2.08. The SMILES string of the molecule is COC(=O)c1cc(F)ccc1Oc1cnc[nH+]c1. The van der Waals surface area contributed by atoms with Crippen LogP contribution in [0.1, 0.15) is 10.4 Å². The Labute approximate surface area is 102 Å². The largest absolute Gasteiger partial charge is 0.465 e. The van der Waals surface area contributed by atoms with E-state index in [1.807, 2.05) is 0 Å². The molecule has 92 valence electrons. The lowest BCUT2D eigenvalue weighted by Crippen LogP contribution is -2.06. The van der Waals surface area contributed by atoms with Crippen LogP contribution in [-0.4, -0.2) is 18.1 Å². The van der Waals surface area contributed by atoms with Gasteiger partial charge in [0.25, 0.3) is 6.33 Å². The van der Waals surface area contributed by atoms with Gasteiger partial charge in [-0.1, -0.05) is 4.98 Å². The van der Waals surface area contributed by atoms with Gasteiger partial charge in [-0.25, -0.2) is 14.2 Å². The highest BCUT2D eigenvalue weighted by Crippen LogP contribution is 2.25. The van der Waals surface area contributed by atoms with Crippen LogP contribution in [0.5, 0.6) is 11.5 Å². The van der Waals surface area contributed by atoms with E-state index < -0.39 is 11.8 Å². The van der Waals surface area contributed by atoms with Crippen LogP contribution in [0.2, 0.25) is 0 Å². The molecule has 1 N–H and O–H groups in total. The summed E-state index contributed by atoms with van der Waals surface area (Å²) >= 11 is 0. The van der Waals surface area contributed by atoms with Gasteiger partial charge in [0, 0.05) is 0 Å². The molecule has 0 saturated carbocycles. The van der Waals surface area contributed by atoms with E-state index in [2.05, 4.69) is 14.7 Å². The Hall–Kier alpha value is -2.50. The molecular weight excluding hydrogens is 239 g/mol. The number of rotatable bonds is 3. The summed E-state index contributed by atoms with van der Waals surface area (Å²) in [5.74, 6) is -0.614. The summed E-state index contributed by atoms with van der Waals surface area (Å²) in [5.41, 5.74) is 0.0151. The minimum atomic E-state index is -0.669. The molecule has 6 heteroatoms. The molecule has 0 spiro atoms. The molecule has 2 rings (SSSR count). The first-order valence-corrected chi connectivity index (χ1v) is 5.07. The van der Waals surface area contributed by atoms with Gasteiger partial charge in [-0.3, -0.25) is 0 Å². The zero-order valence-electron chi connectivity index (χ0n) is 9.51. The summed E-state index contributed by atoms with van der Waals surface area (Å²) in [6, 6.07) is 3.61. The highest BCUT2D eigenvalue weighted by molar-refractivity contribution is 5.92. The van der Waals surface area contributed by atoms with Crippen molar-refractivity contribution < 1.29 is 23.6 Å². The van der Waals surface area contributed by atoms with E-state index in [4.69, 9.17) is 4.74 Å². The van der Waals surface area contributed by atoms with Crippen molar-refractivity contribution in [1.82, 2.24) is 4.98 Å². The molecule has 2 aromatic rings. The minimum absolute atomic E-state index is 0.0151. The summed E-state index contributed by atoms with van der Waals surface area (Å²) in [6.45, 7) is 0. The van der Waals surface area contributed by atoms with Crippen molar-refractivity contribution in [1.29, 1.82) is 0 Å². The summed E-state index contributed by atoms with van der Waals surface area (Å²) in [6.07, 6.45) is 4.48. The first kappa shape index (κ1) is 12.0. The molecule has 18 heavy (non-hydrogen) atoms. The van der Waals surface area contributed by atoms with Gasteiger partial charge < -0.3 is 9.47 Å². The van der Waals surface area contributed by atoms with Crippen LogP contribution in [0, 0.1) is 5.82 Å². The number of hydrogen-bond donors (Lipinski definition) is 0. The van der Waals surface area contributed by atoms with Crippen molar-refractivity contribution in [3.63, 3.8) is 0 Å². The Morgan fingerprint density at radius 1 is 1.44 bits per heavy atom. The quantitative estimate of drug-likeness (QED) is 0.775. The number of H-pyrrole nitrogens is 1. The van der Waals surface area contributed by atoms with Gasteiger partial charge in [0.1, 0.15) is 23.3 Å². The molecule has 0 saturated heterocycles. The number of esters is 1. The molecule has 0 aliphatic rings. The molecule has 1 aromatic heterocycles. The molecule has 0 aliphatic carbocycles. The van der Waals surface area contributed by atoms with Crippen LogP contribution in [0.3, 0.4) is 0 Å². The van der Waals surface area contributed by atoms with Crippen LogP contribution in [-0.2, 0) is 4.74 Å². The first-order valence-electron chi connectivity index (χ1n) is 5.07. The number of aromatic nitrogens is 2. The van der Waals surface area contributed by atoms with Crippen LogP contribution in [0.15, 0.2) is 36.9 Å². The standard InChI is InChI=1S/C12H9FN2O3/c1-17-12(16)10-4-8(13)2-3-11(10)18-9-5-14-7-15-6-9/h2-7H,1H3/p+1. The van der Waals surface area contributed by atoms with E-state index in [0.717, 1.165) is 6.07 Å². The van der Waals surface area contributed by atoms with E-state index in [-0.39, 0.29) is 11.3 Å². The van der Waals surface area contributed by atoms with Gasteiger partial charge in [0.05, 0.1) is 7.11 Å². The Kier molecular flexibility index (Phi) is 3.47. The molecular formula is C12H10FN2O3+. The molecule has 1 aromatic carbocycles. The predicted octanol–water partition coefficient (Wildman–Crippen LogP) is 1.61. The number of aromatic amines is 1. The summed E-state index contributed by atoms with van der Waals surface area (Å²) in [5, 5.41) is 0. The Morgan fingerprint density at radius 2 is 2.28 bits per heavy atom. The van der Waals surface area contributed by atoms with E-state index in [1.54, 1.807) is 6.20 Å². The maximum atomic E-state index is 13.1. The predicted molar refractivity (Wildman–Crippen MR) is 58.6 cm³/mol. The van der Waals surface area contributed by atoms with Gasteiger partial charge in [0.2, 0.25) is 5.75 Å². The van der Waals surface area contributed by atoms with Gasteiger partial charge in [-0.15, -0.1) is 0 Å². The lowest BCUT2D eigenvalue weighted by atomic mass is 10.2. The number of benzene rings is 1. The van der Waals surface area contributed by atoms with Gasteiger partial charge in [-0.05, 0) is 18.2 Å². The molecule has 0 fully saturated rings. The van der Waals surface area contributed by atoms with Crippen LogP contribution >= 0.6 is 0 Å². The number of nitrogens with zero attached hydrogens (tertiary/aromatic N) is 1. The molecule has 5 nitrogen and oxygen atoms in total. The fourth-order valence-electron chi connectivity index (χ4n) is 1.35. The van der Waals surface area contributed by atoms with Gasteiger partial charge in [0.15, 0.2) is 6.20 Å². The molecule has 0 atom stereocenters. The minimum Gasteiger partial charge on any atom is -0.465 e. The number of halogens is 1. The third kappa shape index (κ3) is 2.60. The Morgan fingerprint density at radius 3 is 2.94 bits per heavy atom. The summed E-state index contributed by atoms with van der Waals surface area (Å²) < 4.78 is 23.1. The third-order valence-electron chi connectivity index (χ3n) is 2.15. The number of hydrogen-bond acceptors (Lipinski definition) is 4. The monoisotopic (exact) mass is 249 g/mol. The number of ether oxygens (including phenoxy) is 2. The fraction of sp³-hybridized carbons (Fsp3) is 0.0833. The van der Waals surface area contributed by atoms with Crippen molar-refractivity contribution in [2.24, 2.45) is 0 Å². The zero-order valence-corrected chi connectivity index (χ0v) is 9.51. The Balaban J connectivity index is 2.35. The van der Waals surface area contributed by atoms with Gasteiger partial charge in [-0.2, -0.15) is 0 Å². The van der Waals surface area contributed by atoms with Crippen molar-refractivity contribution in [2.45, 2.75) is 0 Å².